The Labute approximate surface area is 116 Å². The lowest BCUT2D eigenvalue weighted by Gasteiger charge is -2.04. The van der Waals surface area contributed by atoms with Gasteiger partial charge in [-0.2, -0.15) is 0 Å². The average molecular weight is 297 g/mol. The van der Waals surface area contributed by atoms with Gasteiger partial charge in [0.25, 0.3) is 0 Å². The van der Waals surface area contributed by atoms with Gasteiger partial charge >= 0.3 is 6.01 Å². The number of hydrogen-bond acceptors (Lipinski definition) is 7. The number of anilines is 2. The van der Waals surface area contributed by atoms with E-state index in [1.807, 2.05) is 6.92 Å². The molecule has 0 bridgehead atoms. The Morgan fingerprint density at radius 3 is 2.45 bits per heavy atom. The standard InChI is InChI=1S/C11H15N5O3S/c1-7(13-2)10-15-16-11(19-10)14-8-3-5-9(6-4-8)20(12,17)18/h3-7,13H,1-2H3,(H,14,16)(H2,12,17,18). The largest absolute Gasteiger partial charge is 0.406 e. The molecule has 1 heterocycles. The van der Waals surface area contributed by atoms with Crippen molar-refractivity contribution in [1.29, 1.82) is 0 Å². The van der Waals surface area contributed by atoms with E-state index in [1.54, 1.807) is 19.2 Å². The first-order valence-electron chi connectivity index (χ1n) is 5.80. The summed E-state index contributed by atoms with van der Waals surface area (Å²) in [6.45, 7) is 1.89. The molecule has 1 atom stereocenters. The van der Waals surface area contributed by atoms with Crippen LogP contribution in [-0.2, 0) is 10.0 Å². The second-order valence-electron chi connectivity index (χ2n) is 4.15. The molecule has 9 heteroatoms. The second kappa shape index (κ2) is 5.57. The van der Waals surface area contributed by atoms with E-state index in [2.05, 4.69) is 20.8 Å². The zero-order valence-electron chi connectivity index (χ0n) is 11.0. The normalized spacial score (nSPS) is 13.2. The molecule has 0 saturated carbocycles. The molecule has 1 aromatic heterocycles. The van der Waals surface area contributed by atoms with Crippen molar-refractivity contribution >= 4 is 21.7 Å². The first-order chi connectivity index (χ1) is 9.40. The van der Waals surface area contributed by atoms with E-state index in [1.165, 1.54) is 12.1 Å². The maximum atomic E-state index is 11.1. The Bertz CT molecular complexity index is 680. The minimum atomic E-state index is -3.69. The van der Waals surface area contributed by atoms with E-state index in [0.717, 1.165) is 0 Å². The van der Waals surface area contributed by atoms with E-state index >= 15 is 0 Å². The van der Waals surface area contributed by atoms with Crippen LogP contribution in [0.2, 0.25) is 0 Å². The van der Waals surface area contributed by atoms with Gasteiger partial charge in [-0.25, -0.2) is 13.6 Å². The van der Waals surface area contributed by atoms with E-state index in [4.69, 9.17) is 9.56 Å². The fourth-order valence-electron chi connectivity index (χ4n) is 1.43. The Morgan fingerprint density at radius 1 is 1.25 bits per heavy atom. The van der Waals surface area contributed by atoms with Gasteiger partial charge < -0.3 is 15.1 Å². The highest BCUT2D eigenvalue weighted by Crippen LogP contribution is 2.19. The molecule has 2 rings (SSSR count). The van der Waals surface area contributed by atoms with Crippen LogP contribution in [0.1, 0.15) is 18.9 Å². The summed E-state index contributed by atoms with van der Waals surface area (Å²) in [6, 6.07) is 6.08. The van der Waals surface area contributed by atoms with Crippen molar-refractivity contribution in [3.8, 4) is 0 Å². The van der Waals surface area contributed by atoms with Crippen LogP contribution in [-0.4, -0.2) is 25.7 Å². The topological polar surface area (TPSA) is 123 Å². The minimum Gasteiger partial charge on any atom is -0.406 e. The van der Waals surface area contributed by atoms with Gasteiger partial charge in [0, 0.05) is 5.69 Å². The third kappa shape index (κ3) is 3.32. The lowest BCUT2D eigenvalue weighted by atomic mass is 10.3. The van der Waals surface area contributed by atoms with Crippen LogP contribution >= 0.6 is 0 Å². The monoisotopic (exact) mass is 297 g/mol. The van der Waals surface area contributed by atoms with Crippen LogP contribution in [0.3, 0.4) is 0 Å². The summed E-state index contributed by atoms with van der Waals surface area (Å²) < 4.78 is 27.6. The molecule has 8 nitrogen and oxygen atoms in total. The first-order valence-corrected chi connectivity index (χ1v) is 7.35. The lowest BCUT2D eigenvalue weighted by Crippen LogP contribution is -2.12. The van der Waals surface area contributed by atoms with E-state index < -0.39 is 10.0 Å². The zero-order chi connectivity index (χ0) is 14.8. The number of nitrogens with zero attached hydrogens (tertiary/aromatic N) is 2. The summed E-state index contributed by atoms with van der Waals surface area (Å²) in [6.07, 6.45) is 0. The Kier molecular flexibility index (Phi) is 4.02. The van der Waals surface area contributed by atoms with Gasteiger partial charge in [-0.15, -0.1) is 5.10 Å². The van der Waals surface area contributed by atoms with Crippen molar-refractivity contribution in [3.05, 3.63) is 30.2 Å². The third-order valence-corrected chi connectivity index (χ3v) is 3.61. The summed E-state index contributed by atoms with van der Waals surface area (Å²) in [5, 5.41) is 18.6. The van der Waals surface area contributed by atoms with E-state index in [9.17, 15) is 8.42 Å². The van der Waals surface area contributed by atoms with Gasteiger partial charge in [-0.3, -0.25) is 0 Å². The number of primary sulfonamides is 1. The Morgan fingerprint density at radius 2 is 1.90 bits per heavy atom. The molecule has 1 unspecified atom stereocenters. The second-order valence-corrected chi connectivity index (χ2v) is 5.71. The molecule has 0 spiro atoms. The van der Waals surface area contributed by atoms with Crippen LogP contribution in [0.4, 0.5) is 11.7 Å². The smallest absolute Gasteiger partial charge is 0.320 e. The van der Waals surface area contributed by atoms with Crippen molar-refractivity contribution < 1.29 is 12.8 Å². The molecule has 2 aromatic rings. The molecule has 0 fully saturated rings. The molecule has 0 amide bonds. The molecule has 4 N–H and O–H groups in total. The first kappa shape index (κ1) is 14.4. The number of hydrogen-bond donors (Lipinski definition) is 3. The van der Waals surface area contributed by atoms with E-state index in [0.29, 0.717) is 11.6 Å². The highest BCUT2D eigenvalue weighted by Gasteiger charge is 2.12. The van der Waals surface area contributed by atoms with Gasteiger partial charge in [0.2, 0.25) is 15.9 Å². The number of benzene rings is 1. The van der Waals surface area contributed by atoms with Crippen molar-refractivity contribution in [3.63, 3.8) is 0 Å². The minimum absolute atomic E-state index is 0.0399. The van der Waals surface area contributed by atoms with Crippen LogP contribution < -0.4 is 15.8 Å². The van der Waals surface area contributed by atoms with Gasteiger partial charge in [-0.05, 0) is 38.2 Å². The van der Waals surface area contributed by atoms with Crippen LogP contribution in [0.5, 0.6) is 0 Å². The molecule has 20 heavy (non-hydrogen) atoms. The maximum absolute atomic E-state index is 11.1. The number of nitrogens with one attached hydrogen (secondary N) is 2. The summed E-state index contributed by atoms with van der Waals surface area (Å²) in [7, 11) is -1.90. The van der Waals surface area contributed by atoms with Crippen LogP contribution in [0.15, 0.2) is 33.6 Å². The molecule has 1 aromatic carbocycles. The van der Waals surface area contributed by atoms with E-state index in [-0.39, 0.29) is 17.0 Å². The molecular weight excluding hydrogens is 282 g/mol. The summed E-state index contributed by atoms with van der Waals surface area (Å²) in [5.74, 6) is 0.455. The van der Waals surface area contributed by atoms with Gasteiger partial charge in [0.1, 0.15) is 0 Å². The van der Waals surface area contributed by atoms with Crippen LogP contribution in [0.25, 0.3) is 0 Å². The van der Waals surface area contributed by atoms with Gasteiger partial charge in [0.05, 0.1) is 10.9 Å². The summed E-state index contributed by atoms with van der Waals surface area (Å²) >= 11 is 0. The average Bonchev–Trinajstić information content (AvgIpc) is 2.86. The molecule has 108 valence electrons. The quantitative estimate of drug-likeness (QED) is 0.743. The summed E-state index contributed by atoms with van der Waals surface area (Å²) in [4.78, 5) is 0.0399. The highest BCUT2D eigenvalue weighted by atomic mass is 32.2. The zero-order valence-corrected chi connectivity index (χ0v) is 11.8. The summed E-state index contributed by atoms with van der Waals surface area (Å²) in [5.41, 5.74) is 0.615. The predicted molar refractivity (Wildman–Crippen MR) is 72.9 cm³/mol. The molecule has 0 radical (unpaired) electrons. The SMILES string of the molecule is CNC(C)c1nnc(Nc2ccc(S(N)(=O)=O)cc2)o1. The lowest BCUT2D eigenvalue weighted by molar-refractivity contribution is 0.443. The molecule has 0 aliphatic heterocycles. The van der Waals surface area contributed by atoms with Gasteiger partial charge in [0.15, 0.2) is 0 Å². The van der Waals surface area contributed by atoms with Crippen molar-refractivity contribution in [2.24, 2.45) is 5.14 Å². The highest BCUT2D eigenvalue weighted by molar-refractivity contribution is 7.89. The molecule has 0 aliphatic rings. The van der Waals surface area contributed by atoms with Crippen molar-refractivity contribution in [2.75, 3.05) is 12.4 Å². The van der Waals surface area contributed by atoms with Crippen LogP contribution in [0, 0.1) is 0 Å². The fraction of sp³-hybridized carbons (Fsp3) is 0.273. The van der Waals surface area contributed by atoms with Crippen molar-refractivity contribution in [2.45, 2.75) is 17.9 Å². The van der Waals surface area contributed by atoms with Gasteiger partial charge in [-0.1, -0.05) is 5.10 Å². The third-order valence-electron chi connectivity index (χ3n) is 2.68. The fourth-order valence-corrected chi connectivity index (χ4v) is 1.95. The Hall–Kier alpha value is -1.97. The van der Waals surface area contributed by atoms with Crippen molar-refractivity contribution in [1.82, 2.24) is 15.5 Å². The number of sulfonamides is 1. The Balaban J connectivity index is 2.12. The maximum Gasteiger partial charge on any atom is 0.320 e. The number of nitrogens with two attached hydrogens (primary N) is 1. The molecule has 0 saturated heterocycles. The number of rotatable bonds is 5. The molecule has 0 aliphatic carbocycles. The predicted octanol–water partition coefficient (Wildman–Crippen LogP) is 0.741. The molecular formula is C11H15N5O3S. The number of aromatic nitrogens is 2.